The number of aliphatic hydroxyl groups is 1. The standard InChI is InChI=1S/C15H24O5/c1-4-9-19-14(17)13-10-11(3)12(7-6-8-16)15(20-13)18-5-2/h4,10-12,15-16H,1,5-9H2,2-3H3/t11-,12-,15+/m0/s1. The van der Waals surface area contributed by atoms with E-state index in [2.05, 4.69) is 6.58 Å². The Kier molecular flexibility index (Phi) is 7.33. The molecule has 1 heterocycles. The van der Waals surface area contributed by atoms with E-state index in [9.17, 15) is 4.79 Å². The fourth-order valence-corrected chi connectivity index (χ4v) is 2.23. The summed E-state index contributed by atoms with van der Waals surface area (Å²) in [5.41, 5.74) is 0. The molecule has 0 saturated heterocycles. The smallest absolute Gasteiger partial charge is 0.373 e. The van der Waals surface area contributed by atoms with Gasteiger partial charge in [-0.15, -0.1) is 0 Å². The largest absolute Gasteiger partial charge is 0.457 e. The first-order valence-corrected chi connectivity index (χ1v) is 7.03. The van der Waals surface area contributed by atoms with Crippen LogP contribution < -0.4 is 0 Å². The van der Waals surface area contributed by atoms with Gasteiger partial charge >= 0.3 is 5.97 Å². The predicted molar refractivity (Wildman–Crippen MR) is 74.7 cm³/mol. The zero-order valence-corrected chi connectivity index (χ0v) is 12.2. The van der Waals surface area contributed by atoms with E-state index >= 15 is 0 Å². The van der Waals surface area contributed by atoms with Gasteiger partial charge in [0.05, 0.1) is 0 Å². The summed E-state index contributed by atoms with van der Waals surface area (Å²) in [6.45, 7) is 8.18. The quantitative estimate of drug-likeness (QED) is 0.545. The molecule has 1 N–H and O–H groups in total. The molecule has 3 atom stereocenters. The van der Waals surface area contributed by atoms with Gasteiger partial charge in [0.15, 0.2) is 0 Å². The van der Waals surface area contributed by atoms with Crippen LogP contribution in [0.25, 0.3) is 0 Å². The molecule has 5 heteroatoms. The molecule has 0 amide bonds. The van der Waals surface area contributed by atoms with Crippen LogP contribution >= 0.6 is 0 Å². The van der Waals surface area contributed by atoms with Crippen LogP contribution in [0.5, 0.6) is 0 Å². The molecule has 0 spiro atoms. The molecule has 20 heavy (non-hydrogen) atoms. The van der Waals surface area contributed by atoms with Crippen molar-refractivity contribution in [3.8, 4) is 0 Å². The maximum absolute atomic E-state index is 11.8. The molecule has 1 aliphatic rings. The molecular weight excluding hydrogens is 260 g/mol. The lowest BCUT2D eigenvalue weighted by molar-refractivity contribution is -0.179. The normalized spacial score (nSPS) is 25.6. The van der Waals surface area contributed by atoms with Crippen molar-refractivity contribution in [1.82, 2.24) is 0 Å². The molecule has 5 nitrogen and oxygen atoms in total. The minimum absolute atomic E-state index is 0.123. The van der Waals surface area contributed by atoms with E-state index in [1.807, 2.05) is 13.8 Å². The molecule has 0 aromatic rings. The van der Waals surface area contributed by atoms with Crippen LogP contribution in [0, 0.1) is 11.8 Å². The second-order valence-electron chi connectivity index (χ2n) is 4.75. The Labute approximate surface area is 120 Å². The minimum Gasteiger partial charge on any atom is -0.457 e. The molecule has 1 aliphatic heterocycles. The first kappa shape index (κ1) is 16.7. The number of aliphatic hydroxyl groups excluding tert-OH is 1. The minimum atomic E-state index is -0.498. The zero-order valence-electron chi connectivity index (χ0n) is 12.2. The van der Waals surface area contributed by atoms with Crippen LogP contribution in [0.15, 0.2) is 24.5 Å². The van der Waals surface area contributed by atoms with Crippen molar-refractivity contribution in [2.24, 2.45) is 11.8 Å². The van der Waals surface area contributed by atoms with Crippen molar-refractivity contribution in [2.45, 2.75) is 33.0 Å². The highest BCUT2D eigenvalue weighted by Crippen LogP contribution is 2.32. The monoisotopic (exact) mass is 284 g/mol. The van der Waals surface area contributed by atoms with Crippen molar-refractivity contribution in [3.05, 3.63) is 24.5 Å². The first-order valence-electron chi connectivity index (χ1n) is 7.03. The first-order chi connectivity index (χ1) is 9.63. The fourth-order valence-electron chi connectivity index (χ4n) is 2.23. The van der Waals surface area contributed by atoms with Gasteiger partial charge in [0.25, 0.3) is 0 Å². The molecule has 0 unspecified atom stereocenters. The molecule has 0 radical (unpaired) electrons. The van der Waals surface area contributed by atoms with Gasteiger partial charge in [-0.05, 0) is 31.8 Å². The number of rotatable bonds is 8. The van der Waals surface area contributed by atoms with Gasteiger partial charge in [0, 0.05) is 19.1 Å². The molecule has 0 saturated carbocycles. The number of hydrogen-bond donors (Lipinski definition) is 1. The zero-order chi connectivity index (χ0) is 15.0. The Hall–Kier alpha value is -1.33. The Morgan fingerprint density at radius 2 is 2.35 bits per heavy atom. The SMILES string of the molecule is C=CCOC(=O)C1=C[C@H](C)[C@H](CCCO)[C@H](OCC)O1. The Bertz CT molecular complexity index is 350. The molecule has 0 aromatic carbocycles. The van der Waals surface area contributed by atoms with Gasteiger partial charge in [0.1, 0.15) is 6.61 Å². The van der Waals surface area contributed by atoms with Crippen LogP contribution in [0.3, 0.4) is 0 Å². The summed E-state index contributed by atoms with van der Waals surface area (Å²) in [6.07, 6.45) is 4.27. The number of allylic oxidation sites excluding steroid dienone is 1. The summed E-state index contributed by atoms with van der Waals surface area (Å²) < 4.78 is 16.2. The van der Waals surface area contributed by atoms with E-state index in [0.717, 1.165) is 6.42 Å². The van der Waals surface area contributed by atoms with Crippen LogP contribution in [0.1, 0.15) is 26.7 Å². The van der Waals surface area contributed by atoms with Crippen molar-refractivity contribution >= 4 is 5.97 Å². The predicted octanol–water partition coefficient (Wildman–Crippen LogP) is 2.02. The molecule has 0 aromatic heterocycles. The van der Waals surface area contributed by atoms with E-state index in [4.69, 9.17) is 19.3 Å². The number of esters is 1. The molecule has 1 rings (SSSR count). The Morgan fingerprint density at radius 1 is 1.60 bits per heavy atom. The molecule has 0 fully saturated rings. The van der Waals surface area contributed by atoms with E-state index in [0.29, 0.717) is 13.0 Å². The second-order valence-corrected chi connectivity index (χ2v) is 4.75. The van der Waals surface area contributed by atoms with Crippen LogP contribution in [0.4, 0.5) is 0 Å². The van der Waals surface area contributed by atoms with Crippen molar-refractivity contribution in [3.63, 3.8) is 0 Å². The summed E-state index contributed by atoms with van der Waals surface area (Å²) in [4.78, 5) is 11.8. The van der Waals surface area contributed by atoms with Crippen molar-refractivity contribution < 1.29 is 24.1 Å². The third-order valence-corrected chi connectivity index (χ3v) is 3.24. The third-order valence-electron chi connectivity index (χ3n) is 3.24. The average Bonchev–Trinajstić information content (AvgIpc) is 2.44. The van der Waals surface area contributed by atoms with Crippen LogP contribution in [0.2, 0.25) is 0 Å². The highest BCUT2D eigenvalue weighted by atomic mass is 16.7. The Morgan fingerprint density at radius 3 is 2.95 bits per heavy atom. The topological polar surface area (TPSA) is 65.0 Å². The lowest BCUT2D eigenvalue weighted by atomic mass is 9.87. The van der Waals surface area contributed by atoms with Gasteiger partial charge in [-0.3, -0.25) is 0 Å². The lowest BCUT2D eigenvalue weighted by Crippen LogP contribution is -2.36. The maximum Gasteiger partial charge on any atom is 0.373 e. The molecule has 0 aliphatic carbocycles. The molecule has 0 bridgehead atoms. The number of ether oxygens (including phenoxy) is 3. The van der Waals surface area contributed by atoms with Gasteiger partial charge < -0.3 is 19.3 Å². The number of carbonyl (C=O) groups is 1. The summed E-state index contributed by atoms with van der Waals surface area (Å²) in [6, 6.07) is 0. The van der Waals surface area contributed by atoms with Crippen molar-refractivity contribution in [2.75, 3.05) is 19.8 Å². The van der Waals surface area contributed by atoms with E-state index < -0.39 is 12.3 Å². The van der Waals surface area contributed by atoms with Gasteiger partial charge in [-0.1, -0.05) is 19.6 Å². The highest BCUT2D eigenvalue weighted by Gasteiger charge is 2.35. The summed E-state index contributed by atoms with van der Waals surface area (Å²) in [5.74, 6) is -0.0590. The van der Waals surface area contributed by atoms with Crippen LogP contribution in [-0.4, -0.2) is 37.2 Å². The molecular formula is C15H24O5. The van der Waals surface area contributed by atoms with E-state index in [-0.39, 0.29) is 30.8 Å². The van der Waals surface area contributed by atoms with Gasteiger partial charge in [0.2, 0.25) is 12.0 Å². The summed E-state index contributed by atoms with van der Waals surface area (Å²) >= 11 is 0. The molecule has 114 valence electrons. The summed E-state index contributed by atoms with van der Waals surface area (Å²) in [7, 11) is 0. The van der Waals surface area contributed by atoms with Crippen molar-refractivity contribution in [1.29, 1.82) is 0 Å². The van der Waals surface area contributed by atoms with E-state index in [1.165, 1.54) is 6.08 Å². The fraction of sp³-hybridized carbons (Fsp3) is 0.667. The van der Waals surface area contributed by atoms with E-state index in [1.54, 1.807) is 6.08 Å². The average molecular weight is 284 g/mol. The third kappa shape index (κ3) is 4.65. The highest BCUT2D eigenvalue weighted by molar-refractivity contribution is 5.86. The summed E-state index contributed by atoms with van der Waals surface area (Å²) in [5, 5.41) is 8.96. The van der Waals surface area contributed by atoms with Gasteiger partial charge in [-0.25, -0.2) is 4.79 Å². The van der Waals surface area contributed by atoms with Crippen LogP contribution in [-0.2, 0) is 19.0 Å². The van der Waals surface area contributed by atoms with Gasteiger partial charge in [-0.2, -0.15) is 0 Å². The number of hydrogen-bond acceptors (Lipinski definition) is 5. The lowest BCUT2D eigenvalue weighted by Gasteiger charge is -2.34. The Balaban J connectivity index is 2.75. The maximum atomic E-state index is 11.8. The number of carbonyl (C=O) groups excluding carboxylic acids is 1. The second kappa shape index (κ2) is 8.76.